The molecule has 1 aromatic rings. The summed E-state index contributed by atoms with van der Waals surface area (Å²) in [5.74, 6) is -1.06. The maximum Gasteiger partial charge on any atom is 0.200 e. The minimum atomic E-state index is -0.470. The van der Waals surface area contributed by atoms with E-state index in [1.165, 1.54) is 6.07 Å². The smallest absolute Gasteiger partial charge is 0.200 e. The molecule has 0 radical (unpaired) electrons. The first-order chi connectivity index (χ1) is 7.68. The molecule has 16 heavy (non-hydrogen) atoms. The summed E-state index contributed by atoms with van der Waals surface area (Å²) in [5, 5.41) is 31.3. The van der Waals surface area contributed by atoms with Crippen LogP contribution in [0.25, 0.3) is 0 Å². The van der Waals surface area contributed by atoms with Crippen LogP contribution < -0.4 is 5.32 Å². The number of rotatable bonds is 3. The van der Waals surface area contributed by atoms with Crippen LogP contribution in [-0.2, 0) is 11.3 Å². The molecule has 1 aliphatic rings. The summed E-state index contributed by atoms with van der Waals surface area (Å²) in [6.07, 6.45) is 0.949. The highest BCUT2D eigenvalue weighted by molar-refractivity contribution is 5.52. The molecule has 1 fully saturated rings. The highest BCUT2D eigenvalue weighted by Crippen LogP contribution is 2.36. The molecule has 1 unspecified atom stereocenters. The maximum atomic E-state index is 9.57. The van der Waals surface area contributed by atoms with Gasteiger partial charge in [0, 0.05) is 24.8 Å². The van der Waals surface area contributed by atoms with Crippen LogP contribution >= 0.6 is 0 Å². The van der Waals surface area contributed by atoms with Gasteiger partial charge in [-0.3, -0.25) is 0 Å². The molecule has 5 heteroatoms. The van der Waals surface area contributed by atoms with Gasteiger partial charge in [0.05, 0.1) is 6.61 Å². The van der Waals surface area contributed by atoms with E-state index in [0.29, 0.717) is 18.7 Å². The molecule has 2 rings (SSSR count). The Morgan fingerprint density at radius 1 is 1.25 bits per heavy atom. The molecule has 1 saturated heterocycles. The number of aromatic hydroxyl groups is 3. The van der Waals surface area contributed by atoms with E-state index in [-0.39, 0.29) is 17.5 Å². The first-order valence-corrected chi connectivity index (χ1v) is 5.22. The van der Waals surface area contributed by atoms with Gasteiger partial charge in [0.2, 0.25) is 5.75 Å². The first-order valence-electron chi connectivity index (χ1n) is 5.22. The Labute approximate surface area is 93.3 Å². The second-order valence-corrected chi connectivity index (χ2v) is 3.88. The van der Waals surface area contributed by atoms with E-state index in [1.807, 2.05) is 0 Å². The second kappa shape index (κ2) is 4.59. The molecule has 4 N–H and O–H groups in total. The highest BCUT2D eigenvalue weighted by Gasteiger charge is 2.16. The zero-order valence-corrected chi connectivity index (χ0v) is 8.81. The van der Waals surface area contributed by atoms with Gasteiger partial charge in [0.1, 0.15) is 0 Å². The van der Waals surface area contributed by atoms with Crippen molar-refractivity contribution < 1.29 is 20.1 Å². The van der Waals surface area contributed by atoms with E-state index in [9.17, 15) is 10.2 Å². The van der Waals surface area contributed by atoms with Gasteiger partial charge in [-0.15, -0.1) is 0 Å². The number of benzene rings is 1. The predicted molar refractivity (Wildman–Crippen MR) is 57.5 cm³/mol. The second-order valence-electron chi connectivity index (χ2n) is 3.88. The molecular weight excluding hydrogens is 210 g/mol. The van der Waals surface area contributed by atoms with E-state index >= 15 is 0 Å². The number of nitrogens with one attached hydrogen (secondary N) is 1. The zero-order chi connectivity index (χ0) is 11.5. The Hall–Kier alpha value is -1.46. The monoisotopic (exact) mass is 225 g/mol. The van der Waals surface area contributed by atoms with Crippen LogP contribution in [0.5, 0.6) is 17.2 Å². The summed E-state index contributed by atoms with van der Waals surface area (Å²) in [7, 11) is 0. The molecule has 1 heterocycles. The quantitative estimate of drug-likeness (QED) is 0.569. The Kier molecular flexibility index (Phi) is 3.17. The molecule has 0 aromatic heterocycles. The lowest BCUT2D eigenvalue weighted by Crippen LogP contribution is -2.28. The lowest BCUT2D eigenvalue weighted by Gasteiger charge is -2.12. The minimum Gasteiger partial charge on any atom is -0.504 e. The van der Waals surface area contributed by atoms with Gasteiger partial charge in [-0.2, -0.15) is 0 Å². The van der Waals surface area contributed by atoms with Crippen molar-refractivity contribution in [3.05, 3.63) is 17.7 Å². The van der Waals surface area contributed by atoms with Crippen molar-refractivity contribution in [2.24, 2.45) is 0 Å². The van der Waals surface area contributed by atoms with E-state index in [0.717, 1.165) is 13.0 Å². The standard InChI is InChI=1S/C11H15NO4/c13-9-2-1-7(10(14)11(9)15)5-12-8-3-4-16-6-8/h1-2,8,12-15H,3-6H2. The SMILES string of the molecule is Oc1ccc(CNC2CCOC2)c(O)c1O. The van der Waals surface area contributed by atoms with Crippen molar-refractivity contribution in [2.45, 2.75) is 19.0 Å². The van der Waals surface area contributed by atoms with Crippen LogP contribution in [0, 0.1) is 0 Å². The van der Waals surface area contributed by atoms with Gasteiger partial charge < -0.3 is 25.4 Å². The summed E-state index contributed by atoms with van der Waals surface area (Å²) < 4.78 is 5.20. The largest absolute Gasteiger partial charge is 0.504 e. The third-order valence-corrected chi connectivity index (χ3v) is 2.72. The normalized spacial score (nSPS) is 20.1. The van der Waals surface area contributed by atoms with Crippen LogP contribution in [-0.4, -0.2) is 34.6 Å². The van der Waals surface area contributed by atoms with Crippen molar-refractivity contribution in [3.8, 4) is 17.2 Å². The highest BCUT2D eigenvalue weighted by atomic mass is 16.5. The van der Waals surface area contributed by atoms with Gasteiger partial charge in [-0.05, 0) is 12.5 Å². The van der Waals surface area contributed by atoms with Crippen molar-refractivity contribution in [3.63, 3.8) is 0 Å². The lowest BCUT2D eigenvalue weighted by molar-refractivity contribution is 0.189. The van der Waals surface area contributed by atoms with Gasteiger partial charge >= 0.3 is 0 Å². The molecule has 0 bridgehead atoms. The average molecular weight is 225 g/mol. The fraction of sp³-hybridized carbons (Fsp3) is 0.455. The molecule has 1 aromatic carbocycles. The molecule has 0 aliphatic carbocycles. The van der Waals surface area contributed by atoms with Gasteiger partial charge in [-0.1, -0.05) is 6.07 Å². The molecule has 0 amide bonds. The third-order valence-electron chi connectivity index (χ3n) is 2.72. The van der Waals surface area contributed by atoms with Crippen molar-refractivity contribution in [2.75, 3.05) is 13.2 Å². The molecule has 1 aliphatic heterocycles. The Balaban J connectivity index is 2.01. The van der Waals surface area contributed by atoms with E-state index < -0.39 is 5.75 Å². The van der Waals surface area contributed by atoms with Gasteiger partial charge in [0.15, 0.2) is 11.5 Å². The molecule has 1 atom stereocenters. The Bertz CT molecular complexity index is 374. The van der Waals surface area contributed by atoms with Crippen molar-refractivity contribution in [1.29, 1.82) is 0 Å². The third kappa shape index (κ3) is 2.20. The predicted octanol–water partition coefficient (Wildman–Crippen LogP) is 0.682. The van der Waals surface area contributed by atoms with Gasteiger partial charge in [0.25, 0.3) is 0 Å². The van der Waals surface area contributed by atoms with Crippen LogP contribution in [0.2, 0.25) is 0 Å². The van der Waals surface area contributed by atoms with Crippen LogP contribution in [0.4, 0.5) is 0 Å². The summed E-state index contributed by atoms with van der Waals surface area (Å²) >= 11 is 0. The summed E-state index contributed by atoms with van der Waals surface area (Å²) in [4.78, 5) is 0. The van der Waals surface area contributed by atoms with E-state index in [2.05, 4.69) is 5.32 Å². The lowest BCUT2D eigenvalue weighted by atomic mass is 10.1. The topological polar surface area (TPSA) is 82.0 Å². The Morgan fingerprint density at radius 3 is 2.75 bits per heavy atom. The fourth-order valence-corrected chi connectivity index (χ4v) is 1.70. The number of phenolic OH excluding ortho intramolecular Hbond substituents is 3. The van der Waals surface area contributed by atoms with Gasteiger partial charge in [-0.25, -0.2) is 0 Å². The number of hydrogen-bond acceptors (Lipinski definition) is 5. The minimum absolute atomic E-state index is 0.272. The zero-order valence-electron chi connectivity index (χ0n) is 8.81. The average Bonchev–Trinajstić information content (AvgIpc) is 2.78. The van der Waals surface area contributed by atoms with Crippen molar-refractivity contribution in [1.82, 2.24) is 5.32 Å². The summed E-state index contributed by atoms with van der Waals surface area (Å²) in [6, 6.07) is 3.22. The van der Waals surface area contributed by atoms with Crippen molar-refractivity contribution >= 4 is 0 Å². The maximum absolute atomic E-state index is 9.57. The molecular formula is C11H15NO4. The van der Waals surface area contributed by atoms with Crippen LogP contribution in [0.3, 0.4) is 0 Å². The molecule has 0 spiro atoms. The van der Waals surface area contributed by atoms with E-state index in [4.69, 9.17) is 9.84 Å². The number of ether oxygens (including phenoxy) is 1. The molecule has 5 nitrogen and oxygen atoms in total. The Morgan fingerprint density at radius 2 is 2.06 bits per heavy atom. The molecule has 88 valence electrons. The summed E-state index contributed by atoms with van der Waals surface area (Å²) in [6.45, 7) is 1.86. The van der Waals surface area contributed by atoms with Crippen LogP contribution in [0.15, 0.2) is 12.1 Å². The number of hydrogen-bond donors (Lipinski definition) is 4. The first kappa shape index (κ1) is 11.0. The fourth-order valence-electron chi connectivity index (χ4n) is 1.70. The van der Waals surface area contributed by atoms with Crippen LogP contribution in [0.1, 0.15) is 12.0 Å². The molecule has 0 saturated carbocycles. The summed E-state index contributed by atoms with van der Waals surface area (Å²) in [5.41, 5.74) is 0.558. The number of phenols is 3. The van der Waals surface area contributed by atoms with E-state index in [1.54, 1.807) is 6.07 Å².